The van der Waals surface area contributed by atoms with Gasteiger partial charge >= 0.3 is 0 Å². The van der Waals surface area contributed by atoms with E-state index in [4.69, 9.17) is 5.73 Å². The summed E-state index contributed by atoms with van der Waals surface area (Å²) >= 11 is 0. The van der Waals surface area contributed by atoms with Crippen molar-refractivity contribution in [2.24, 2.45) is 11.7 Å². The Morgan fingerprint density at radius 2 is 1.94 bits per heavy atom. The minimum atomic E-state index is 0.726. The van der Waals surface area contributed by atoms with Gasteiger partial charge in [0.1, 0.15) is 0 Å². The zero-order valence-corrected chi connectivity index (χ0v) is 11.3. The van der Waals surface area contributed by atoms with Crippen LogP contribution in [0.3, 0.4) is 0 Å². The van der Waals surface area contributed by atoms with Gasteiger partial charge in [0.05, 0.1) is 0 Å². The number of hydrogen-bond donors (Lipinski definition) is 1. The van der Waals surface area contributed by atoms with Crippen LogP contribution in [0.15, 0.2) is 0 Å². The van der Waals surface area contributed by atoms with E-state index in [1.54, 1.807) is 0 Å². The molecule has 0 spiro atoms. The number of hydrogen-bond acceptors (Lipinski definition) is 3. The molecule has 16 heavy (non-hydrogen) atoms. The first kappa shape index (κ1) is 13.9. The molecule has 1 saturated heterocycles. The molecule has 1 heterocycles. The Labute approximate surface area is 101 Å². The lowest BCUT2D eigenvalue weighted by atomic mass is 9.95. The zero-order chi connectivity index (χ0) is 12.0. The molecule has 3 nitrogen and oxygen atoms in total. The Hall–Kier alpha value is -0.120. The van der Waals surface area contributed by atoms with Crippen molar-refractivity contribution in [1.82, 2.24) is 9.80 Å². The standard InChI is InChI=1S/C13H29N3/c1-12(5-4-8-14)16-9-6-13(7-10-16)11-15(2)3/h12-13H,4-11,14H2,1-3H3. The van der Waals surface area contributed by atoms with E-state index in [0.29, 0.717) is 0 Å². The molecule has 0 aliphatic carbocycles. The van der Waals surface area contributed by atoms with E-state index in [0.717, 1.165) is 18.5 Å². The maximum Gasteiger partial charge on any atom is 0.00674 e. The first-order valence-corrected chi connectivity index (χ1v) is 6.72. The SMILES string of the molecule is CC(CCCN)N1CCC(CN(C)C)CC1. The van der Waals surface area contributed by atoms with Crippen molar-refractivity contribution in [3.05, 3.63) is 0 Å². The monoisotopic (exact) mass is 227 g/mol. The van der Waals surface area contributed by atoms with Crippen LogP contribution in [0.25, 0.3) is 0 Å². The molecule has 0 amide bonds. The molecule has 3 heteroatoms. The molecule has 1 aliphatic rings. The summed E-state index contributed by atoms with van der Waals surface area (Å²) in [5.74, 6) is 0.910. The molecule has 1 atom stereocenters. The van der Waals surface area contributed by atoms with Gasteiger partial charge in [0, 0.05) is 12.6 Å². The molecule has 0 radical (unpaired) electrons. The van der Waals surface area contributed by atoms with E-state index in [-0.39, 0.29) is 0 Å². The van der Waals surface area contributed by atoms with E-state index in [2.05, 4.69) is 30.8 Å². The molecule has 96 valence electrons. The van der Waals surface area contributed by atoms with Crippen LogP contribution in [0.5, 0.6) is 0 Å². The Morgan fingerprint density at radius 3 is 2.44 bits per heavy atom. The lowest BCUT2D eigenvalue weighted by Crippen LogP contribution is -2.42. The molecular formula is C13H29N3. The van der Waals surface area contributed by atoms with Crippen LogP contribution in [0.2, 0.25) is 0 Å². The van der Waals surface area contributed by atoms with Crippen molar-refractivity contribution in [3.63, 3.8) is 0 Å². The van der Waals surface area contributed by atoms with Gasteiger partial charge in [-0.2, -0.15) is 0 Å². The molecule has 1 fully saturated rings. The molecule has 0 aromatic carbocycles. The third-order valence-corrected chi connectivity index (χ3v) is 3.72. The summed E-state index contributed by atoms with van der Waals surface area (Å²) in [4.78, 5) is 4.96. The van der Waals surface area contributed by atoms with Gasteiger partial charge in [-0.25, -0.2) is 0 Å². The molecule has 0 aromatic heterocycles. The number of rotatable bonds is 6. The molecule has 0 aromatic rings. The molecular weight excluding hydrogens is 198 g/mol. The van der Waals surface area contributed by atoms with E-state index in [9.17, 15) is 0 Å². The number of piperidine rings is 1. The van der Waals surface area contributed by atoms with Gasteiger partial charge in [-0.05, 0) is 72.3 Å². The van der Waals surface area contributed by atoms with E-state index < -0.39 is 0 Å². The Morgan fingerprint density at radius 1 is 1.31 bits per heavy atom. The Balaban J connectivity index is 2.20. The highest BCUT2D eigenvalue weighted by Gasteiger charge is 2.22. The first-order valence-electron chi connectivity index (χ1n) is 6.72. The molecule has 1 unspecified atom stereocenters. The van der Waals surface area contributed by atoms with E-state index >= 15 is 0 Å². The molecule has 1 aliphatic heterocycles. The van der Waals surface area contributed by atoms with Crippen molar-refractivity contribution in [1.29, 1.82) is 0 Å². The fourth-order valence-corrected chi connectivity index (χ4v) is 2.69. The quantitative estimate of drug-likeness (QED) is 0.744. The predicted octanol–water partition coefficient (Wildman–Crippen LogP) is 1.39. The first-order chi connectivity index (χ1) is 7.63. The average Bonchev–Trinajstić information content (AvgIpc) is 2.26. The summed E-state index contributed by atoms with van der Waals surface area (Å²) in [6, 6.07) is 0.726. The second-order valence-electron chi connectivity index (χ2n) is 5.52. The lowest BCUT2D eigenvalue weighted by Gasteiger charge is -2.37. The molecule has 0 bridgehead atoms. The van der Waals surface area contributed by atoms with Crippen molar-refractivity contribution in [2.75, 3.05) is 40.3 Å². The van der Waals surface area contributed by atoms with Crippen molar-refractivity contribution >= 4 is 0 Å². The van der Waals surface area contributed by atoms with Crippen LogP contribution in [0, 0.1) is 5.92 Å². The molecule has 0 saturated carbocycles. The normalized spacial score (nSPS) is 21.6. The van der Waals surface area contributed by atoms with Crippen LogP contribution >= 0.6 is 0 Å². The minimum Gasteiger partial charge on any atom is -0.330 e. The van der Waals surface area contributed by atoms with Gasteiger partial charge in [0.15, 0.2) is 0 Å². The number of nitrogens with two attached hydrogens (primary N) is 1. The smallest absolute Gasteiger partial charge is 0.00674 e. The van der Waals surface area contributed by atoms with E-state index in [1.807, 2.05) is 0 Å². The van der Waals surface area contributed by atoms with Gasteiger partial charge < -0.3 is 15.5 Å². The maximum absolute atomic E-state index is 5.56. The second kappa shape index (κ2) is 7.25. The van der Waals surface area contributed by atoms with Gasteiger partial charge in [-0.1, -0.05) is 0 Å². The average molecular weight is 227 g/mol. The lowest BCUT2D eigenvalue weighted by molar-refractivity contribution is 0.122. The van der Waals surface area contributed by atoms with Crippen molar-refractivity contribution < 1.29 is 0 Å². The van der Waals surface area contributed by atoms with Gasteiger partial charge in [-0.3, -0.25) is 0 Å². The predicted molar refractivity (Wildman–Crippen MR) is 70.6 cm³/mol. The third kappa shape index (κ3) is 4.81. The third-order valence-electron chi connectivity index (χ3n) is 3.72. The fourth-order valence-electron chi connectivity index (χ4n) is 2.69. The highest BCUT2D eigenvalue weighted by Crippen LogP contribution is 2.20. The van der Waals surface area contributed by atoms with Crippen LogP contribution in [0.4, 0.5) is 0 Å². The largest absolute Gasteiger partial charge is 0.330 e. The van der Waals surface area contributed by atoms with Gasteiger partial charge in [0.2, 0.25) is 0 Å². The number of nitrogens with zero attached hydrogens (tertiary/aromatic N) is 2. The van der Waals surface area contributed by atoms with Crippen LogP contribution in [0.1, 0.15) is 32.6 Å². The van der Waals surface area contributed by atoms with Crippen LogP contribution in [-0.2, 0) is 0 Å². The highest BCUT2D eigenvalue weighted by atomic mass is 15.2. The summed E-state index contributed by atoms with van der Waals surface area (Å²) in [6.07, 6.45) is 5.16. The topological polar surface area (TPSA) is 32.5 Å². The van der Waals surface area contributed by atoms with Gasteiger partial charge in [0.25, 0.3) is 0 Å². The van der Waals surface area contributed by atoms with Crippen LogP contribution < -0.4 is 5.73 Å². The molecule has 1 rings (SSSR count). The van der Waals surface area contributed by atoms with Crippen molar-refractivity contribution in [2.45, 2.75) is 38.6 Å². The van der Waals surface area contributed by atoms with Crippen molar-refractivity contribution in [3.8, 4) is 0 Å². The van der Waals surface area contributed by atoms with Gasteiger partial charge in [-0.15, -0.1) is 0 Å². The number of likely N-dealkylation sites (tertiary alicyclic amines) is 1. The summed E-state index contributed by atoms with van der Waals surface area (Å²) < 4.78 is 0. The highest BCUT2D eigenvalue weighted by molar-refractivity contribution is 4.77. The Kier molecular flexibility index (Phi) is 6.32. The molecule has 2 N–H and O–H groups in total. The minimum absolute atomic E-state index is 0.726. The van der Waals surface area contributed by atoms with E-state index in [1.165, 1.54) is 45.3 Å². The summed E-state index contributed by atoms with van der Waals surface area (Å²) in [6.45, 7) is 7.00. The second-order valence-corrected chi connectivity index (χ2v) is 5.52. The fraction of sp³-hybridized carbons (Fsp3) is 1.00. The van der Waals surface area contributed by atoms with Crippen LogP contribution in [-0.4, -0.2) is 56.1 Å². The summed E-state index contributed by atoms with van der Waals surface area (Å²) in [7, 11) is 4.35. The maximum atomic E-state index is 5.56. The summed E-state index contributed by atoms with van der Waals surface area (Å²) in [5, 5.41) is 0. The Bertz CT molecular complexity index is 174. The summed E-state index contributed by atoms with van der Waals surface area (Å²) in [5.41, 5.74) is 5.56. The zero-order valence-electron chi connectivity index (χ0n) is 11.3.